The Morgan fingerprint density at radius 3 is 2.33 bits per heavy atom. The van der Waals surface area contributed by atoms with Crippen LogP contribution < -0.4 is 4.72 Å². The molecular formula is C14H12Cl3NO2S. The van der Waals surface area contributed by atoms with Crippen LogP contribution in [0.3, 0.4) is 0 Å². The minimum absolute atomic E-state index is 0.0744. The molecular weight excluding hydrogens is 353 g/mol. The second kappa shape index (κ2) is 6.99. The van der Waals surface area contributed by atoms with Crippen molar-refractivity contribution in [2.45, 2.75) is 17.3 Å². The topological polar surface area (TPSA) is 46.2 Å². The van der Waals surface area contributed by atoms with Crippen molar-refractivity contribution in [1.82, 2.24) is 4.72 Å². The first-order valence-corrected chi connectivity index (χ1v) is 8.78. The van der Waals surface area contributed by atoms with Crippen molar-refractivity contribution < 1.29 is 8.42 Å². The molecule has 0 atom stereocenters. The molecule has 0 unspecified atom stereocenters. The van der Waals surface area contributed by atoms with Gasteiger partial charge in [0.05, 0.1) is 14.9 Å². The lowest BCUT2D eigenvalue weighted by molar-refractivity contribution is 0.581. The Kier molecular flexibility index (Phi) is 5.52. The molecule has 0 aliphatic carbocycles. The summed E-state index contributed by atoms with van der Waals surface area (Å²) in [6.07, 6.45) is 0. The highest BCUT2D eigenvalue weighted by Crippen LogP contribution is 2.24. The normalized spacial score (nSPS) is 11.6. The molecule has 7 heteroatoms. The molecule has 0 aromatic heterocycles. The zero-order chi connectivity index (χ0) is 15.5. The van der Waals surface area contributed by atoms with Crippen LogP contribution in [-0.2, 0) is 22.4 Å². The van der Waals surface area contributed by atoms with E-state index in [1.807, 2.05) is 24.3 Å². The van der Waals surface area contributed by atoms with Gasteiger partial charge in [-0.2, -0.15) is 0 Å². The maximum atomic E-state index is 12.2. The maximum Gasteiger partial charge on any atom is 0.240 e. The fourth-order valence-corrected chi connectivity index (χ4v) is 3.30. The number of rotatable bonds is 5. The van der Waals surface area contributed by atoms with Crippen molar-refractivity contribution in [3.8, 4) is 0 Å². The van der Waals surface area contributed by atoms with Crippen LogP contribution in [0.2, 0.25) is 10.0 Å². The number of hydrogen-bond acceptors (Lipinski definition) is 2. The lowest BCUT2D eigenvalue weighted by atomic mass is 10.1. The highest BCUT2D eigenvalue weighted by Gasteiger charge is 2.15. The summed E-state index contributed by atoms with van der Waals surface area (Å²) in [7, 11) is -3.64. The molecule has 0 fully saturated rings. The second-order valence-corrected chi connectivity index (χ2v) is 7.20. The van der Waals surface area contributed by atoms with E-state index < -0.39 is 10.0 Å². The lowest BCUT2D eigenvalue weighted by Gasteiger charge is -2.08. The number of hydrogen-bond donors (Lipinski definition) is 1. The highest BCUT2D eigenvalue weighted by atomic mass is 35.5. The summed E-state index contributed by atoms with van der Waals surface area (Å²) in [5, 5.41) is 0.508. The van der Waals surface area contributed by atoms with E-state index in [-0.39, 0.29) is 16.5 Å². The number of sulfonamides is 1. The largest absolute Gasteiger partial charge is 0.240 e. The molecule has 2 rings (SSSR count). The molecule has 1 N–H and O–H groups in total. The second-order valence-electron chi connectivity index (χ2n) is 4.35. The van der Waals surface area contributed by atoms with Crippen LogP contribution in [0.25, 0.3) is 0 Å². The van der Waals surface area contributed by atoms with Crippen LogP contribution in [0.5, 0.6) is 0 Å². The number of benzene rings is 2. The molecule has 0 heterocycles. The molecule has 2 aromatic carbocycles. The number of nitrogens with one attached hydrogen (secondary N) is 1. The molecule has 2 aromatic rings. The third-order valence-electron chi connectivity index (χ3n) is 2.81. The van der Waals surface area contributed by atoms with Crippen molar-refractivity contribution in [3.05, 3.63) is 63.6 Å². The fraction of sp³-hybridized carbons (Fsp3) is 0.143. The molecule has 112 valence electrons. The van der Waals surface area contributed by atoms with Crippen molar-refractivity contribution in [3.63, 3.8) is 0 Å². The van der Waals surface area contributed by atoms with E-state index in [2.05, 4.69) is 4.72 Å². The van der Waals surface area contributed by atoms with E-state index in [1.54, 1.807) is 0 Å². The quantitative estimate of drug-likeness (QED) is 0.808. The molecule has 0 saturated carbocycles. The van der Waals surface area contributed by atoms with Gasteiger partial charge < -0.3 is 0 Å². The first-order valence-electron chi connectivity index (χ1n) is 6.01. The minimum atomic E-state index is -3.64. The summed E-state index contributed by atoms with van der Waals surface area (Å²) in [5.41, 5.74) is 1.76. The van der Waals surface area contributed by atoms with E-state index in [9.17, 15) is 8.42 Å². The van der Waals surface area contributed by atoms with Crippen LogP contribution in [0.1, 0.15) is 11.1 Å². The Morgan fingerprint density at radius 1 is 0.952 bits per heavy atom. The summed E-state index contributed by atoms with van der Waals surface area (Å²) >= 11 is 17.4. The minimum Gasteiger partial charge on any atom is -0.207 e. The van der Waals surface area contributed by atoms with Gasteiger partial charge in [0, 0.05) is 12.4 Å². The first-order chi connectivity index (χ1) is 9.92. The Balaban J connectivity index is 2.15. The molecule has 21 heavy (non-hydrogen) atoms. The summed E-state index contributed by atoms with van der Waals surface area (Å²) < 4.78 is 26.9. The van der Waals surface area contributed by atoms with Gasteiger partial charge >= 0.3 is 0 Å². The van der Waals surface area contributed by atoms with Crippen molar-refractivity contribution in [2.75, 3.05) is 0 Å². The Bertz CT molecular complexity index is 748. The predicted molar refractivity (Wildman–Crippen MR) is 86.5 cm³/mol. The standard InChI is InChI=1S/C14H12Cl3NO2S/c15-8-10-2-1-3-11(6-10)9-18-21(19,20)12-4-5-13(16)14(17)7-12/h1-7,18H,8-9H2. The van der Waals surface area contributed by atoms with Gasteiger partial charge in [-0.05, 0) is 29.3 Å². The molecule has 0 aliphatic heterocycles. The van der Waals surface area contributed by atoms with Gasteiger partial charge in [0.15, 0.2) is 0 Å². The van der Waals surface area contributed by atoms with Gasteiger partial charge in [0.25, 0.3) is 0 Å². The van der Waals surface area contributed by atoms with Gasteiger partial charge in [0.2, 0.25) is 10.0 Å². The van der Waals surface area contributed by atoms with Gasteiger partial charge in [-0.1, -0.05) is 47.5 Å². The average Bonchev–Trinajstić information content (AvgIpc) is 2.48. The van der Waals surface area contributed by atoms with Crippen molar-refractivity contribution in [1.29, 1.82) is 0 Å². The van der Waals surface area contributed by atoms with Crippen LogP contribution in [0, 0.1) is 0 Å². The average molecular weight is 365 g/mol. The van der Waals surface area contributed by atoms with Crippen molar-refractivity contribution >= 4 is 44.8 Å². The molecule has 0 saturated heterocycles. The summed E-state index contributed by atoms with van der Waals surface area (Å²) in [6.45, 7) is 0.174. The van der Waals surface area contributed by atoms with Gasteiger partial charge in [-0.3, -0.25) is 0 Å². The first kappa shape index (κ1) is 16.6. The fourth-order valence-electron chi connectivity index (χ4n) is 1.73. The third kappa shape index (κ3) is 4.34. The monoisotopic (exact) mass is 363 g/mol. The van der Waals surface area contributed by atoms with E-state index >= 15 is 0 Å². The molecule has 3 nitrogen and oxygen atoms in total. The zero-order valence-electron chi connectivity index (χ0n) is 10.8. The Hall–Kier alpha value is -0.780. The smallest absolute Gasteiger partial charge is 0.207 e. The SMILES string of the molecule is O=S(=O)(NCc1cccc(CCl)c1)c1ccc(Cl)c(Cl)c1. The van der Waals surface area contributed by atoms with Gasteiger partial charge in [0.1, 0.15) is 0 Å². The van der Waals surface area contributed by atoms with Crippen LogP contribution in [0.15, 0.2) is 47.4 Å². The lowest BCUT2D eigenvalue weighted by Crippen LogP contribution is -2.23. The molecule has 0 bridgehead atoms. The van der Waals surface area contributed by atoms with Gasteiger partial charge in [-0.25, -0.2) is 13.1 Å². The van der Waals surface area contributed by atoms with E-state index in [1.165, 1.54) is 18.2 Å². The van der Waals surface area contributed by atoms with E-state index in [0.29, 0.717) is 10.9 Å². The van der Waals surface area contributed by atoms with Crippen LogP contribution in [-0.4, -0.2) is 8.42 Å². The summed E-state index contributed by atoms with van der Waals surface area (Å²) in [4.78, 5) is 0.0744. The highest BCUT2D eigenvalue weighted by molar-refractivity contribution is 7.89. The predicted octanol–water partition coefficient (Wildman–Crippen LogP) is 4.21. The molecule has 0 amide bonds. The number of halogens is 3. The van der Waals surface area contributed by atoms with E-state index in [4.69, 9.17) is 34.8 Å². The van der Waals surface area contributed by atoms with Crippen LogP contribution >= 0.6 is 34.8 Å². The molecule has 0 aliphatic rings. The molecule has 0 spiro atoms. The summed E-state index contributed by atoms with van der Waals surface area (Å²) in [6, 6.07) is 11.6. The van der Waals surface area contributed by atoms with Gasteiger partial charge in [-0.15, -0.1) is 11.6 Å². The van der Waals surface area contributed by atoms with Crippen LogP contribution in [0.4, 0.5) is 0 Å². The maximum absolute atomic E-state index is 12.2. The number of alkyl halides is 1. The van der Waals surface area contributed by atoms with Crippen molar-refractivity contribution in [2.24, 2.45) is 0 Å². The summed E-state index contributed by atoms with van der Waals surface area (Å²) in [5.74, 6) is 0.382. The van der Waals surface area contributed by atoms with E-state index in [0.717, 1.165) is 11.1 Å². The zero-order valence-corrected chi connectivity index (χ0v) is 13.9. The Morgan fingerprint density at radius 2 is 1.67 bits per heavy atom. The third-order valence-corrected chi connectivity index (χ3v) is 5.26. The molecule has 0 radical (unpaired) electrons. The Labute approximate surface area is 138 Å².